The second-order valence-electron chi connectivity index (χ2n) is 5.41. The zero-order valence-electron chi connectivity index (χ0n) is 13.1. The van der Waals surface area contributed by atoms with Gasteiger partial charge in [0.1, 0.15) is 11.4 Å². The summed E-state index contributed by atoms with van der Waals surface area (Å²) in [5, 5.41) is 8.17. The Labute approximate surface area is 134 Å². The Kier molecular flexibility index (Phi) is 3.99. The summed E-state index contributed by atoms with van der Waals surface area (Å²) in [6, 6.07) is 11.8. The van der Waals surface area contributed by atoms with Crippen LogP contribution in [0.1, 0.15) is 17.0 Å². The summed E-state index contributed by atoms with van der Waals surface area (Å²) in [6.07, 6.45) is 0. The first kappa shape index (κ1) is 15.1. The molecule has 0 unspecified atom stereocenters. The van der Waals surface area contributed by atoms with Gasteiger partial charge in [0.25, 0.3) is 0 Å². The van der Waals surface area contributed by atoms with Crippen molar-refractivity contribution in [3.05, 3.63) is 53.3 Å². The Morgan fingerprint density at radius 3 is 2.09 bits per heavy atom. The van der Waals surface area contributed by atoms with Crippen LogP contribution in [0, 0.1) is 13.8 Å². The molecule has 6 heteroatoms. The van der Waals surface area contributed by atoms with Crippen molar-refractivity contribution in [1.29, 1.82) is 0 Å². The van der Waals surface area contributed by atoms with E-state index in [1.165, 1.54) is 0 Å². The average Bonchev–Trinajstić information content (AvgIpc) is 2.54. The normalized spacial score (nSPS) is 10.7. The number of anilines is 1. The Balaban J connectivity index is 2.17. The van der Waals surface area contributed by atoms with E-state index in [0.29, 0.717) is 17.9 Å². The van der Waals surface area contributed by atoms with Gasteiger partial charge in [-0.1, -0.05) is 24.3 Å². The zero-order valence-corrected chi connectivity index (χ0v) is 13.1. The molecule has 0 fully saturated rings. The van der Waals surface area contributed by atoms with Gasteiger partial charge < -0.3 is 11.5 Å². The van der Waals surface area contributed by atoms with E-state index >= 15 is 0 Å². The van der Waals surface area contributed by atoms with Gasteiger partial charge in [0.05, 0.1) is 0 Å². The van der Waals surface area contributed by atoms with E-state index < -0.39 is 0 Å². The highest BCUT2D eigenvalue weighted by atomic mass is 15.2. The fraction of sp³-hybridized carbons (Fsp3) is 0.176. The van der Waals surface area contributed by atoms with E-state index in [2.05, 4.69) is 20.2 Å². The molecule has 3 aromatic rings. The third-order valence-electron chi connectivity index (χ3n) is 3.52. The quantitative estimate of drug-likeness (QED) is 0.769. The molecule has 4 N–H and O–H groups in total. The summed E-state index contributed by atoms with van der Waals surface area (Å²) in [5.41, 5.74) is 17.5. The topological polar surface area (TPSA) is 104 Å². The van der Waals surface area contributed by atoms with Crippen LogP contribution in [-0.2, 0) is 6.54 Å². The summed E-state index contributed by atoms with van der Waals surface area (Å²) in [5.74, 6) is 0.147. The van der Waals surface area contributed by atoms with Crippen LogP contribution >= 0.6 is 0 Å². The molecule has 2 aromatic heterocycles. The molecule has 1 aromatic carbocycles. The highest BCUT2D eigenvalue weighted by Gasteiger charge is 2.13. The number of aromatic nitrogens is 4. The molecule has 0 radical (unpaired) electrons. The van der Waals surface area contributed by atoms with Gasteiger partial charge in [-0.25, -0.2) is 4.98 Å². The number of hydrogen-bond donors (Lipinski definition) is 2. The molecule has 0 aliphatic heterocycles. The van der Waals surface area contributed by atoms with E-state index in [1.54, 1.807) is 0 Å². The minimum absolute atomic E-state index is 0.147. The van der Waals surface area contributed by atoms with E-state index in [0.717, 1.165) is 28.1 Å². The second-order valence-corrected chi connectivity index (χ2v) is 5.41. The lowest BCUT2D eigenvalue weighted by Crippen LogP contribution is -2.03. The van der Waals surface area contributed by atoms with Crippen LogP contribution in [0.3, 0.4) is 0 Å². The summed E-state index contributed by atoms with van der Waals surface area (Å²) >= 11 is 0. The molecule has 0 atom stereocenters. The first-order chi connectivity index (χ1) is 11.1. The molecule has 0 aliphatic carbocycles. The van der Waals surface area contributed by atoms with Crippen LogP contribution in [0.15, 0.2) is 36.4 Å². The first-order valence-corrected chi connectivity index (χ1v) is 7.32. The smallest absolute Gasteiger partial charge is 0.240 e. The number of rotatable bonds is 3. The molecule has 23 heavy (non-hydrogen) atoms. The Bertz CT molecular complexity index is 822. The number of nitrogens with two attached hydrogens (primary N) is 2. The average molecular weight is 306 g/mol. The molecular weight excluding hydrogens is 288 g/mol. The first-order valence-electron chi connectivity index (χ1n) is 7.32. The van der Waals surface area contributed by atoms with Gasteiger partial charge in [-0.05, 0) is 31.5 Å². The highest BCUT2D eigenvalue weighted by Crippen LogP contribution is 2.29. The predicted molar refractivity (Wildman–Crippen MR) is 90.3 cm³/mol. The zero-order chi connectivity index (χ0) is 16.4. The Morgan fingerprint density at radius 2 is 1.48 bits per heavy atom. The van der Waals surface area contributed by atoms with Crippen molar-refractivity contribution in [2.75, 3.05) is 5.73 Å². The summed E-state index contributed by atoms with van der Waals surface area (Å²) < 4.78 is 0. The third kappa shape index (κ3) is 3.17. The predicted octanol–water partition coefficient (Wildman–Crippen LogP) is 2.26. The molecule has 0 aliphatic rings. The van der Waals surface area contributed by atoms with Crippen molar-refractivity contribution in [1.82, 2.24) is 20.2 Å². The lowest BCUT2D eigenvalue weighted by molar-refractivity contribution is 0.993. The number of aryl methyl sites for hydroxylation is 2. The van der Waals surface area contributed by atoms with Crippen LogP contribution in [0.4, 0.5) is 5.95 Å². The second kappa shape index (κ2) is 6.10. The van der Waals surface area contributed by atoms with Gasteiger partial charge in [0.2, 0.25) is 5.95 Å². The number of nitrogens with zero attached hydrogens (tertiary/aromatic N) is 4. The van der Waals surface area contributed by atoms with Crippen LogP contribution in [0.5, 0.6) is 0 Å². The Hall–Kier alpha value is -2.86. The van der Waals surface area contributed by atoms with Gasteiger partial charge in [0.15, 0.2) is 0 Å². The van der Waals surface area contributed by atoms with Crippen molar-refractivity contribution in [3.8, 4) is 22.5 Å². The summed E-state index contributed by atoms with van der Waals surface area (Å²) in [4.78, 5) is 8.78. The van der Waals surface area contributed by atoms with E-state index in [-0.39, 0.29) is 5.95 Å². The SMILES string of the molecule is Cc1cc(-c2nnc(N)nc2-c2ccc(CN)cc2)cc(C)n1. The minimum Gasteiger partial charge on any atom is -0.366 e. The van der Waals surface area contributed by atoms with Crippen molar-refractivity contribution in [3.63, 3.8) is 0 Å². The fourth-order valence-corrected chi connectivity index (χ4v) is 2.50. The van der Waals surface area contributed by atoms with Crippen LogP contribution in [-0.4, -0.2) is 20.2 Å². The fourth-order valence-electron chi connectivity index (χ4n) is 2.50. The minimum atomic E-state index is 0.147. The molecule has 0 spiro atoms. The lowest BCUT2D eigenvalue weighted by Gasteiger charge is -2.10. The molecule has 0 saturated carbocycles. The van der Waals surface area contributed by atoms with Crippen LogP contribution < -0.4 is 11.5 Å². The third-order valence-corrected chi connectivity index (χ3v) is 3.52. The molecule has 116 valence electrons. The van der Waals surface area contributed by atoms with Gasteiger partial charge in [-0.15, -0.1) is 10.2 Å². The Morgan fingerprint density at radius 1 is 0.826 bits per heavy atom. The maximum absolute atomic E-state index is 5.74. The number of pyridine rings is 1. The summed E-state index contributed by atoms with van der Waals surface area (Å²) in [6.45, 7) is 4.40. The molecule has 0 amide bonds. The molecule has 2 heterocycles. The lowest BCUT2D eigenvalue weighted by atomic mass is 10.0. The molecular formula is C17H18N6. The molecule has 0 saturated heterocycles. The maximum Gasteiger partial charge on any atom is 0.240 e. The molecule has 0 bridgehead atoms. The van der Waals surface area contributed by atoms with Gasteiger partial charge >= 0.3 is 0 Å². The maximum atomic E-state index is 5.74. The monoisotopic (exact) mass is 306 g/mol. The van der Waals surface area contributed by atoms with Crippen molar-refractivity contribution in [2.45, 2.75) is 20.4 Å². The van der Waals surface area contributed by atoms with E-state index in [9.17, 15) is 0 Å². The van der Waals surface area contributed by atoms with Gasteiger partial charge in [0, 0.05) is 29.1 Å². The number of hydrogen-bond acceptors (Lipinski definition) is 6. The number of benzene rings is 1. The van der Waals surface area contributed by atoms with Crippen molar-refractivity contribution in [2.24, 2.45) is 5.73 Å². The summed E-state index contributed by atoms with van der Waals surface area (Å²) in [7, 11) is 0. The van der Waals surface area contributed by atoms with Crippen molar-refractivity contribution < 1.29 is 0 Å². The van der Waals surface area contributed by atoms with E-state index in [4.69, 9.17) is 11.5 Å². The largest absolute Gasteiger partial charge is 0.366 e. The van der Waals surface area contributed by atoms with Crippen molar-refractivity contribution >= 4 is 5.95 Å². The standard InChI is InChI=1S/C17H18N6/c1-10-7-14(8-11(2)20-10)16-15(21-17(19)23-22-16)13-5-3-12(9-18)4-6-13/h3-8H,9,18H2,1-2H3,(H2,19,21,23). The molecule has 3 rings (SSSR count). The molecule has 6 nitrogen and oxygen atoms in total. The highest BCUT2D eigenvalue weighted by molar-refractivity contribution is 5.78. The van der Waals surface area contributed by atoms with Gasteiger partial charge in [-0.2, -0.15) is 0 Å². The number of nitrogen functional groups attached to an aromatic ring is 1. The van der Waals surface area contributed by atoms with Crippen LogP contribution in [0.2, 0.25) is 0 Å². The van der Waals surface area contributed by atoms with Crippen LogP contribution in [0.25, 0.3) is 22.5 Å². The van der Waals surface area contributed by atoms with E-state index in [1.807, 2.05) is 50.2 Å². The van der Waals surface area contributed by atoms with Gasteiger partial charge in [-0.3, -0.25) is 4.98 Å².